The molecule has 0 unspecified atom stereocenters. The normalized spacial score (nSPS) is 19.0. The van der Waals surface area contributed by atoms with E-state index in [1.165, 1.54) is 0 Å². The predicted octanol–water partition coefficient (Wildman–Crippen LogP) is 2.84. The van der Waals surface area contributed by atoms with Crippen molar-refractivity contribution in [2.75, 3.05) is 26.8 Å². The number of furan rings is 1. The third kappa shape index (κ3) is 4.22. The highest BCUT2D eigenvalue weighted by Crippen LogP contribution is 2.25. The van der Waals surface area contributed by atoms with E-state index in [1.54, 1.807) is 13.3 Å². The Bertz CT molecular complexity index is 668. The van der Waals surface area contributed by atoms with Crippen molar-refractivity contribution < 1.29 is 13.9 Å². The first kappa shape index (κ1) is 17.5. The molecular formula is C18H26N4O3. The van der Waals surface area contributed by atoms with E-state index >= 15 is 0 Å². The van der Waals surface area contributed by atoms with Gasteiger partial charge in [-0.15, -0.1) is 0 Å². The fourth-order valence-electron chi connectivity index (χ4n) is 3.26. The van der Waals surface area contributed by atoms with Crippen molar-refractivity contribution in [3.8, 4) is 0 Å². The zero-order chi connectivity index (χ0) is 17.6. The highest BCUT2D eigenvalue weighted by molar-refractivity contribution is 5.74. The molecule has 0 spiro atoms. The minimum absolute atomic E-state index is 0.0900. The van der Waals surface area contributed by atoms with Gasteiger partial charge in [-0.2, -0.15) is 0 Å². The number of amides is 2. The quantitative estimate of drug-likeness (QED) is 0.842. The molecule has 1 fully saturated rings. The van der Waals surface area contributed by atoms with E-state index in [0.717, 1.165) is 43.2 Å². The molecule has 2 aromatic heterocycles. The number of aromatic amines is 1. The van der Waals surface area contributed by atoms with Crippen LogP contribution in [0.3, 0.4) is 0 Å². The number of aromatic nitrogens is 2. The highest BCUT2D eigenvalue weighted by atomic mass is 16.5. The second kappa shape index (κ2) is 8.20. The average Bonchev–Trinajstić information content (AvgIpc) is 3.33. The molecular weight excluding hydrogens is 320 g/mol. The summed E-state index contributed by atoms with van der Waals surface area (Å²) in [6.45, 7) is 3.82. The molecule has 3 heterocycles. The molecule has 0 bridgehead atoms. The van der Waals surface area contributed by atoms with Crippen LogP contribution in [0.2, 0.25) is 0 Å². The zero-order valence-corrected chi connectivity index (χ0v) is 14.8. The minimum Gasteiger partial charge on any atom is -0.464 e. The molecule has 1 aliphatic heterocycles. The molecule has 0 aromatic carbocycles. The Kier molecular flexibility index (Phi) is 5.75. The molecule has 2 aromatic rings. The van der Waals surface area contributed by atoms with Gasteiger partial charge in [0.1, 0.15) is 23.4 Å². The average molecular weight is 346 g/mol. The third-order valence-corrected chi connectivity index (χ3v) is 4.62. The van der Waals surface area contributed by atoms with Crippen molar-refractivity contribution in [1.82, 2.24) is 20.2 Å². The second-order valence-electron chi connectivity index (χ2n) is 6.37. The van der Waals surface area contributed by atoms with E-state index in [2.05, 4.69) is 15.3 Å². The van der Waals surface area contributed by atoms with Gasteiger partial charge < -0.3 is 24.4 Å². The van der Waals surface area contributed by atoms with Crippen molar-refractivity contribution >= 4 is 6.03 Å². The predicted molar refractivity (Wildman–Crippen MR) is 93.4 cm³/mol. The SMILES string of the molecule is CCc1ccc([C@H](COC)NC(=O)N2CCC[C@@H](c3ncc[nH]3)C2)o1. The lowest BCUT2D eigenvalue weighted by Crippen LogP contribution is -2.46. The number of H-pyrrole nitrogens is 1. The maximum atomic E-state index is 12.7. The van der Waals surface area contributed by atoms with Crippen molar-refractivity contribution in [2.45, 2.75) is 38.1 Å². The number of piperidine rings is 1. The Labute approximate surface area is 147 Å². The fourth-order valence-corrected chi connectivity index (χ4v) is 3.26. The van der Waals surface area contributed by atoms with Gasteiger partial charge in [0.25, 0.3) is 0 Å². The summed E-state index contributed by atoms with van der Waals surface area (Å²) in [4.78, 5) is 22.1. The van der Waals surface area contributed by atoms with Crippen LogP contribution < -0.4 is 5.32 Å². The topological polar surface area (TPSA) is 83.4 Å². The van der Waals surface area contributed by atoms with Crippen LogP contribution in [0.25, 0.3) is 0 Å². The van der Waals surface area contributed by atoms with Crippen molar-refractivity contribution in [3.63, 3.8) is 0 Å². The van der Waals surface area contributed by atoms with E-state index in [4.69, 9.17) is 9.15 Å². The van der Waals surface area contributed by atoms with Gasteiger partial charge in [0.15, 0.2) is 0 Å². The molecule has 1 aliphatic rings. The Morgan fingerprint density at radius 3 is 3.12 bits per heavy atom. The molecule has 7 nitrogen and oxygen atoms in total. The van der Waals surface area contributed by atoms with Gasteiger partial charge in [-0.1, -0.05) is 6.92 Å². The van der Waals surface area contributed by atoms with Crippen LogP contribution in [-0.4, -0.2) is 47.7 Å². The third-order valence-electron chi connectivity index (χ3n) is 4.62. The summed E-state index contributed by atoms with van der Waals surface area (Å²) in [5.74, 6) is 2.84. The Morgan fingerprint density at radius 1 is 1.56 bits per heavy atom. The summed E-state index contributed by atoms with van der Waals surface area (Å²) in [6.07, 6.45) is 6.41. The van der Waals surface area contributed by atoms with Crippen LogP contribution in [0, 0.1) is 0 Å². The fraction of sp³-hybridized carbons (Fsp3) is 0.556. The van der Waals surface area contributed by atoms with Gasteiger partial charge in [0, 0.05) is 44.9 Å². The van der Waals surface area contributed by atoms with Crippen LogP contribution in [0.5, 0.6) is 0 Å². The first-order valence-corrected chi connectivity index (χ1v) is 8.83. The Hall–Kier alpha value is -2.28. The minimum atomic E-state index is -0.290. The Balaban J connectivity index is 1.64. The lowest BCUT2D eigenvalue weighted by molar-refractivity contribution is 0.140. The van der Waals surface area contributed by atoms with E-state index in [9.17, 15) is 4.79 Å². The maximum Gasteiger partial charge on any atom is 0.318 e. The van der Waals surface area contributed by atoms with E-state index in [0.29, 0.717) is 13.2 Å². The molecule has 1 saturated heterocycles. The van der Waals surface area contributed by atoms with Gasteiger partial charge in [-0.05, 0) is 25.0 Å². The number of ether oxygens (including phenoxy) is 1. The van der Waals surface area contributed by atoms with Gasteiger partial charge in [-0.25, -0.2) is 9.78 Å². The molecule has 136 valence electrons. The number of likely N-dealkylation sites (tertiary alicyclic amines) is 1. The standard InChI is InChI=1S/C18H26N4O3/c1-3-14-6-7-16(25-14)15(12-24-2)21-18(23)22-10-4-5-13(11-22)17-19-8-9-20-17/h6-9,13,15H,3-5,10-12H2,1-2H3,(H,19,20)(H,21,23)/t13-,15+/m1/s1. The first-order chi connectivity index (χ1) is 12.2. The molecule has 3 rings (SSSR count). The smallest absolute Gasteiger partial charge is 0.318 e. The summed E-state index contributed by atoms with van der Waals surface area (Å²) in [5.41, 5.74) is 0. The van der Waals surface area contributed by atoms with Crippen molar-refractivity contribution in [1.29, 1.82) is 0 Å². The number of methoxy groups -OCH3 is 1. The zero-order valence-electron chi connectivity index (χ0n) is 14.8. The number of rotatable bonds is 6. The molecule has 0 aliphatic carbocycles. The summed E-state index contributed by atoms with van der Waals surface area (Å²) in [7, 11) is 1.62. The number of nitrogens with one attached hydrogen (secondary N) is 2. The number of carbonyl (C=O) groups excluding carboxylic acids is 1. The number of carbonyl (C=O) groups is 1. The number of aryl methyl sites for hydroxylation is 1. The van der Waals surface area contributed by atoms with Crippen molar-refractivity contribution in [2.24, 2.45) is 0 Å². The van der Waals surface area contributed by atoms with Crippen LogP contribution in [0.15, 0.2) is 28.9 Å². The lowest BCUT2D eigenvalue weighted by atomic mass is 9.97. The number of hydrogen-bond acceptors (Lipinski definition) is 4. The number of nitrogens with zero attached hydrogens (tertiary/aromatic N) is 2. The van der Waals surface area contributed by atoms with E-state index in [1.807, 2.05) is 30.2 Å². The van der Waals surface area contributed by atoms with Crippen molar-refractivity contribution in [3.05, 3.63) is 41.9 Å². The van der Waals surface area contributed by atoms with Gasteiger partial charge in [0.05, 0.1) is 6.61 Å². The van der Waals surface area contributed by atoms with Gasteiger partial charge in [-0.3, -0.25) is 0 Å². The molecule has 2 amide bonds. The molecule has 0 radical (unpaired) electrons. The van der Waals surface area contributed by atoms with Crippen LogP contribution in [0.1, 0.15) is 49.1 Å². The second-order valence-corrected chi connectivity index (χ2v) is 6.37. The lowest BCUT2D eigenvalue weighted by Gasteiger charge is -2.33. The molecule has 25 heavy (non-hydrogen) atoms. The van der Waals surface area contributed by atoms with Crippen LogP contribution >= 0.6 is 0 Å². The summed E-state index contributed by atoms with van der Waals surface area (Å²) >= 11 is 0. The van der Waals surface area contributed by atoms with E-state index < -0.39 is 0 Å². The summed E-state index contributed by atoms with van der Waals surface area (Å²) in [6, 6.07) is 3.47. The number of urea groups is 1. The number of imidazole rings is 1. The summed E-state index contributed by atoms with van der Waals surface area (Å²) in [5, 5.41) is 3.04. The highest BCUT2D eigenvalue weighted by Gasteiger charge is 2.28. The monoisotopic (exact) mass is 346 g/mol. The van der Waals surface area contributed by atoms with E-state index in [-0.39, 0.29) is 18.0 Å². The number of hydrogen-bond donors (Lipinski definition) is 2. The molecule has 2 atom stereocenters. The maximum absolute atomic E-state index is 12.7. The first-order valence-electron chi connectivity index (χ1n) is 8.83. The van der Waals surface area contributed by atoms with Crippen LogP contribution in [0.4, 0.5) is 4.79 Å². The largest absolute Gasteiger partial charge is 0.464 e. The van der Waals surface area contributed by atoms with Gasteiger partial charge in [0.2, 0.25) is 0 Å². The van der Waals surface area contributed by atoms with Gasteiger partial charge >= 0.3 is 6.03 Å². The Morgan fingerprint density at radius 2 is 2.44 bits per heavy atom. The summed E-state index contributed by atoms with van der Waals surface area (Å²) < 4.78 is 11.0. The molecule has 7 heteroatoms. The van der Waals surface area contributed by atoms with Crippen LogP contribution in [-0.2, 0) is 11.2 Å². The molecule has 0 saturated carbocycles. The molecule has 2 N–H and O–H groups in total.